The van der Waals surface area contributed by atoms with Gasteiger partial charge in [-0.25, -0.2) is 18.1 Å². The number of phosphoric acid groups is 1. The van der Waals surface area contributed by atoms with Gasteiger partial charge in [0.05, 0.1) is 0 Å². The Bertz CT molecular complexity index is 3200. The number of rotatable bonds is 36. The molecule has 0 rings (SSSR count). The molecule has 0 radical (unpaired) electrons. The van der Waals surface area contributed by atoms with Gasteiger partial charge in [0.15, 0.2) is 0 Å². The maximum absolute atomic E-state index is 14.9. The molecular weight excluding hydrogens is 1950 g/mol. The first kappa shape index (κ1) is 111. The molecule has 698 valence electrons. The minimum atomic E-state index is -12.8. The molecule has 0 bridgehead atoms. The second kappa shape index (κ2) is 26.9. The van der Waals surface area contributed by atoms with Gasteiger partial charge in [-0.2, -0.15) is 329 Å². The highest BCUT2D eigenvalue weighted by atomic mass is 31.2. The lowest BCUT2D eigenvalue weighted by Gasteiger charge is -2.46. The molecule has 0 heterocycles. The Kier molecular flexibility index (Phi) is 25.7. The Morgan fingerprint density at radius 2 is 0.164 bits per heavy atom. The maximum Gasteiger partial charge on any atom is 0.489 e. The van der Waals surface area contributed by atoms with E-state index in [1.165, 1.54) is 0 Å². The van der Waals surface area contributed by atoms with E-state index in [0.29, 0.717) is 0 Å². The molecule has 0 aromatic carbocycles. The van der Waals surface area contributed by atoms with E-state index in [9.17, 15) is 334 Å². The number of alkyl halides is 75. The zero-order valence-corrected chi connectivity index (χ0v) is 49.3. The van der Waals surface area contributed by atoms with Gasteiger partial charge in [0.25, 0.3) is 0 Å². The monoisotopic (exact) mass is 1950 g/mol. The number of hydrogen-bond donors (Lipinski definition) is 0. The van der Waals surface area contributed by atoms with Crippen LogP contribution in [0.25, 0.3) is 0 Å². The third kappa shape index (κ3) is 13.2. The van der Waals surface area contributed by atoms with Crippen LogP contribution in [0.15, 0.2) is 0 Å². The summed E-state index contributed by atoms with van der Waals surface area (Å²) in [4.78, 5) is 0. The molecule has 0 unspecified atom stereocenters. The van der Waals surface area contributed by atoms with Gasteiger partial charge < -0.3 is 0 Å². The fourth-order valence-electron chi connectivity index (χ4n) is 6.46. The molecule has 0 aromatic rings. The normalized spacial score (nSPS) is 17.6. The summed E-state index contributed by atoms with van der Waals surface area (Å²) in [7, 11) is -12.8. The summed E-state index contributed by atoms with van der Waals surface area (Å²) in [5, 5.41) is 0. The predicted molar refractivity (Wildman–Crippen MR) is 192 cm³/mol. The second-order valence-corrected chi connectivity index (χ2v) is 22.4. The molecule has 0 aromatic heterocycles. The molecule has 116 heavy (non-hydrogen) atoms. The summed E-state index contributed by atoms with van der Waals surface area (Å²) in [5.74, 6) is -323. The Labute approximate surface area is 571 Å². The van der Waals surface area contributed by atoms with Gasteiger partial charge in [0.1, 0.15) is 0 Å². The summed E-state index contributed by atoms with van der Waals surface area (Å²) in [6, 6.07) is 0. The van der Waals surface area contributed by atoms with E-state index in [0.717, 1.165) is 0 Å². The first-order valence-electron chi connectivity index (χ1n) is 23.8. The topological polar surface area (TPSA) is 44.8 Å². The van der Waals surface area contributed by atoms with Gasteiger partial charge >= 0.3 is 222 Å². The van der Waals surface area contributed by atoms with Crippen molar-refractivity contribution in [2.24, 2.45) is 0 Å². The highest BCUT2D eigenvalue weighted by Crippen LogP contribution is 2.76. The standard InChI is InChI=1S/C36F75O4P/c37-1(38,7(49,50)13(61,62)19(73,74)25(85,86)31(97,98)99)4(43,44)10(55,56)16(67,68)22(79,80)28(91,92)34(106,107)113-116(112,114-35(108,109)29(93,94)23(81,82)17(69,70)11(57,58)5(45,46)2(39,40)8(51,52)14(63,64)20(75,76)26(87,88)32(100,101)102)115-36(110,111)30(95,96)24(83,84)18(71,72)12(59,60)6(47,48)3(41,42)9(53,54)15(65,66)21(77,78)27(89,90)33(103,104)105. The minimum absolute atomic E-state index is 0.171. The van der Waals surface area contributed by atoms with Crippen LogP contribution in [-0.4, -0.2) is 215 Å². The van der Waals surface area contributed by atoms with Crippen LogP contribution in [0.4, 0.5) is 329 Å². The van der Waals surface area contributed by atoms with Gasteiger partial charge in [-0.3, -0.25) is 0 Å². The summed E-state index contributed by atoms with van der Waals surface area (Å²) in [6.07, 6.45) is -59.9. The lowest BCUT2D eigenvalue weighted by atomic mass is 9.85. The molecule has 80 heteroatoms. The van der Waals surface area contributed by atoms with E-state index >= 15 is 0 Å². The van der Waals surface area contributed by atoms with Crippen LogP contribution in [0.2, 0.25) is 0 Å². The van der Waals surface area contributed by atoms with E-state index in [1.807, 2.05) is 0 Å². The van der Waals surface area contributed by atoms with Crippen molar-refractivity contribution in [2.75, 3.05) is 0 Å². The van der Waals surface area contributed by atoms with Crippen molar-refractivity contribution < 1.29 is 347 Å². The predicted octanol–water partition coefficient (Wildman–Crippen LogP) is 24.7. The number of halogens is 75. The molecule has 4 nitrogen and oxygen atoms in total. The smallest absolute Gasteiger partial charge is 0.227 e. The van der Waals surface area contributed by atoms with Crippen LogP contribution in [0.3, 0.4) is 0 Å². The number of phosphoric ester groups is 1. The fraction of sp³-hybridized carbons (Fsp3) is 1.00. The van der Waals surface area contributed by atoms with Crippen molar-refractivity contribution in [1.29, 1.82) is 0 Å². The van der Waals surface area contributed by atoms with Crippen molar-refractivity contribution in [3.05, 3.63) is 0 Å². The quantitative estimate of drug-likeness (QED) is 0.0463. The summed E-state index contributed by atoms with van der Waals surface area (Å²) in [5.41, 5.74) is 0. The van der Waals surface area contributed by atoms with Crippen LogP contribution in [-0.2, 0) is 18.1 Å². The molecule has 0 aliphatic heterocycles. The highest BCUT2D eigenvalue weighted by molar-refractivity contribution is 7.48. The Morgan fingerprint density at radius 1 is 0.103 bits per heavy atom. The van der Waals surface area contributed by atoms with E-state index in [1.54, 1.807) is 0 Å². The zero-order chi connectivity index (χ0) is 96.6. The average molecular weight is 1950 g/mol. The van der Waals surface area contributed by atoms with E-state index in [2.05, 4.69) is 0 Å². The van der Waals surface area contributed by atoms with Crippen LogP contribution < -0.4 is 0 Å². The molecule has 0 saturated heterocycles. The molecule has 0 fully saturated rings. The largest absolute Gasteiger partial charge is 0.489 e. The lowest BCUT2D eigenvalue weighted by molar-refractivity contribution is -0.491. The van der Waals surface area contributed by atoms with E-state index < -0.39 is 222 Å². The summed E-state index contributed by atoms with van der Waals surface area (Å²) in [6.45, 7) is 0. The van der Waals surface area contributed by atoms with Gasteiger partial charge in [-0.05, 0) is 0 Å². The molecular formula is C36F75O4P. The van der Waals surface area contributed by atoms with Crippen LogP contribution in [0.5, 0.6) is 0 Å². The Hall–Kier alpha value is -5.14. The van der Waals surface area contributed by atoms with Crippen molar-refractivity contribution in [3.63, 3.8) is 0 Å². The van der Waals surface area contributed by atoms with E-state index in [-0.39, 0.29) is 13.6 Å². The molecule has 0 atom stereocenters. The van der Waals surface area contributed by atoms with Crippen molar-refractivity contribution in [2.45, 2.75) is 215 Å². The highest BCUT2D eigenvalue weighted by Gasteiger charge is 3.05. The third-order valence-corrected chi connectivity index (χ3v) is 14.8. The van der Waals surface area contributed by atoms with Gasteiger partial charge in [0, 0.05) is 0 Å². The van der Waals surface area contributed by atoms with Crippen LogP contribution in [0, 0.1) is 0 Å². The molecule has 0 N–H and O–H groups in total. The van der Waals surface area contributed by atoms with Gasteiger partial charge in [0.2, 0.25) is 0 Å². The minimum Gasteiger partial charge on any atom is -0.227 e. The zero-order valence-electron chi connectivity index (χ0n) is 48.4. The molecule has 0 spiro atoms. The summed E-state index contributed by atoms with van der Waals surface area (Å²) < 4.78 is 1060. The molecule has 0 aliphatic rings. The third-order valence-electron chi connectivity index (χ3n) is 13.5. The first-order valence-corrected chi connectivity index (χ1v) is 25.2. The fourth-order valence-corrected chi connectivity index (χ4v) is 7.76. The lowest BCUT2D eigenvalue weighted by Crippen LogP contribution is -2.78. The average Bonchev–Trinajstić information content (AvgIpc) is 0.684. The molecule has 0 aliphatic carbocycles. The second-order valence-electron chi connectivity index (χ2n) is 21.0. The molecule has 0 saturated carbocycles. The maximum atomic E-state index is 14.9. The SMILES string of the molecule is O=P(OC(F)(F)C(F)(F)C(F)(F)C(F)(F)C(F)(F)C(F)(F)C(F)(F)C(F)(F)C(F)(F)C(F)(F)C(F)(F)C(F)(F)F)(OC(F)(F)C(F)(F)C(F)(F)C(F)(F)C(F)(F)C(F)(F)C(F)(F)C(F)(F)C(F)(F)C(F)(F)C(F)(F)C(F)(F)F)OC(F)(F)C(F)(F)C(F)(F)C(F)(F)C(F)(F)C(F)(F)C(F)(F)C(F)(F)C(F)(F)C(F)(F)C(F)(F)C(F)(F)F. The van der Waals surface area contributed by atoms with Crippen molar-refractivity contribution in [3.8, 4) is 0 Å². The Balaban J connectivity index is 9.81. The van der Waals surface area contributed by atoms with Crippen molar-refractivity contribution in [1.82, 2.24) is 0 Å². The molecule has 0 amide bonds. The summed E-state index contributed by atoms with van der Waals surface area (Å²) >= 11 is 0. The van der Waals surface area contributed by atoms with E-state index in [4.69, 9.17) is 0 Å². The number of hydrogen-bond acceptors (Lipinski definition) is 4. The van der Waals surface area contributed by atoms with Gasteiger partial charge in [-0.1, -0.05) is 0 Å². The first-order chi connectivity index (χ1) is 48.4. The Morgan fingerprint density at radius 3 is 0.233 bits per heavy atom. The van der Waals surface area contributed by atoms with Crippen LogP contribution in [0.1, 0.15) is 0 Å². The van der Waals surface area contributed by atoms with Crippen LogP contribution >= 0.6 is 7.82 Å². The van der Waals surface area contributed by atoms with Gasteiger partial charge in [-0.15, -0.1) is 0 Å². The van der Waals surface area contributed by atoms with Crippen molar-refractivity contribution >= 4 is 7.82 Å².